The fourth-order valence-electron chi connectivity index (χ4n) is 5.38. The van der Waals surface area contributed by atoms with Gasteiger partial charge in [-0.2, -0.15) is 44.8 Å². The Morgan fingerprint density at radius 2 is 1.63 bits per heavy atom. The van der Waals surface area contributed by atoms with Crippen LogP contribution in [0.15, 0.2) is 42.6 Å². The average Bonchev–Trinajstić information content (AvgIpc) is 3.02. The lowest BCUT2D eigenvalue weighted by Gasteiger charge is -2.40. The number of alkyl halides is 9. The van der Waals surface area contributed by atoms with Crippen molar-refractivity contribution in [1.29, 1.82) is 5.26 Å². The van der Waals surface area contributed by atoms with E-state index in [4.69, 9.17) is 14.7 Å². The topological polar surface area (TPSA) is 100 Å². The van der Waals surface area contributed by atoms with Crippen LogP contribution in [0.1, 0.15) is 79.1 Å². The maximum atomic E-state index is 13.8. The van der Waals surface area contributed by atoms with E-state index in [0.29, 0.717) is 18.6 Å². The minimum atomic E-state index is -5.10. The van der Waals surface area contributed by atoms with Gasteiger partial charge in [0.25, 0.3) is 0 Å². The third-order valence-electron chi connectivity index (χ3n) is 7.64. The number of amides is 1. The number of hydrogen-bond donors (Lipinski definition) is 1. The first-order chi connectivity index (χ1) is 23.0. The van der Waals surface area contributed by atoms with Crippen molar-refractivity contribution in [2.24, 2.45) is 0 Å². The highest BCUT2D eigenvalue weighted by Gasteiger charge is 2.40. The van der Waals surface area contributed by atoms with E-state index in [1.807, 2.05) is 6.07 Å². The van der Waals surface area contributed by atoms with Gasteiger partial charge in [0.15, 0.2) is 5.75 Å². The first-order valence-electron chi connectivity index (χ1n) is 15.0. The van der Waals surface area contributed by atoms with Crippen LogP contribution in [0.3, 0.4) is 0 Å². The number of aromatic nitrogens is 2. The van der Waals surface area contributed by atoms with Gasteiger partial charge in [0.05, 0.1) is 59.6 Å². The van der Waals surface area contributed by atoms with E-state index in [0.717, 1.165) is 24.4 Å². The summed E-state index contributed by atoms with van der Waals surface area (Å²) >= 11 is 0. The Labute approximate surface area is 274 Å². The largest absolute Gasteiger partial charge is 0.490 e. The van der Waals surface area contributed by atoms with E-state index < -0.39 is 65.4 Å². The minimum Gasteiger partial charge on any atom is -0.490 e. The van der Waals surface area contributed by atoms with E-state index in [1.165, 1.54) is 4.90 Å². The van der Waals surface area contributed by atoms with Gasteiger partial charge < -0.3 is 14.8 Å². The number of carbonyl (C=O) groups is 1. The molecule has 1 N–H and O–H groups in total. The molecule has 1 aliphatic rings. The lowest BCUT2D eigenvalue weighted by Crippen LogP contribution is -2.46. The second kappa shape index (κ2) is 14.8. The zero-order valence-electron chi connectivity index (χ0n) is 26.1. The normalized spacial score (nSPS) is 16.5. The van der Waals surface area contributed by atoms with Gasteiger partial charge >= 0.3 is 24.6 Å². The Bertz CT molecular complexity index is 1650. The quantitative estimate of drug-likeness (QED) is 0.166. The Morgan fingerprint density at radius 3 is 2.20 bits per heavy atom. The highest BCUT2D eigenvalue weighted by molar-refractivity contribution is 5.90. The Balaban J connectivity index is 1.78. The number of hydrogen-bond acceptors (Lipinski definition) is 7. The van der Waals surface area contributed by atoms with Crippen molar-refractivity contribution in [2.45, 2.75) is 76.6 Å². The molecule has 0 spiro atoms. The standard InChI is InChI=1S/C32H30F9N5O3/c1-3-22-16-24(23-15-19(30(33,34)35)7-8-26(23)46(22)29(47)48-4-2)44-28-43-17-27(49-10-6-5-9-42)25(45-28)13-18-11-20(31(36,37)38)14-21(12-18)32(39,40)41/h7-8,11-12,14-15,17,22,24H,3-6,10,13,16H2,1-2H3,(H,43,44,45)/t22-,24+/m1/s1. The first kappa shape index (κ1) is 37.1. The Hall–Kier alpha value is -4.75. The Morgan fingerprint density at radius 1 is 0.980 bits per heavy atom. The number of nitriles is 1. The molecule has 264 valence electrons. The van der Waals surface area contributed by atoms with E-state index in [1.54, 1.807) is 13.8 Å². The molecule has 0 bridgehead atoms. The fraction of sp³-hybridized carbons (Fsp3) is 0.438. The van der Waals surface area contributed by atoms with Gasteiger partial charge in [-0.15, -0.1) is 0 Å². The molecular weight excluding hydrogens is 673 g/mol. The SMILES string of the molecule is CCOC(=O)N1c2ccc(C(F)(F)F)cc2[C@@H](Nc2ncc(OCCCC#N)c(Cc3cc(C(F)(F)F)cc(C(F)(F)F)c3)n2)C[C@H]1CC. The Kier molecular flexibility index (Phi) is 11.2. The molecule has 2 heterocycles. The lowest BCUT2D eigenvalue weighted by molar-refractivity contribution is -0.143. The molecule has 4 rings (SSSR count). The van der Waals surface area contributed by atoms with Gasteiger partial charge in [-0.25, -0.2) is 14.8 Å². The fourth-order valence-corrected chi connectivity index (χ4v) is 5.38. The lowest BCUT2D eigenvalue weighted by atomic mass is 9.89. The van der Waals surface area contributed by atoms with Crippen LogP contribution in [-0.4, -0.2) is 35.3 Å². The zero-order chi connectivity index (χ0) is 36.1. The van der Waals surface area contributed by atoms with Crippen LogP contribution >= 0.6 is 0 Å². The number of ether oxygens (including phenoxy) is 2. The van der Waals surface area contributed by atoms with E-state index in [9.17, 15) is 44.3 Å². The molecule has 17 heteroatoms. The molecule has 1 aliphatic heterocycles. The van der Waals surface area contributed by atoms with Crippen molar-refractivity contribution in [1.82, 2.24) is 9.97 Å². The summed E-state index contributed by atoms with van der Waals surface area (Å²) in [6.45, 7) is 3.31. The molecule has 3 aromatic rings. The van der Waals surface area contributed by atoms with Crippen molar-refractivity contribution < 1.29 is 53.8 Å². The number of fused-ring (bicyclic) bond motifs is 1. The van der Waals surface area contributed by atoms with Crippen LogP contribution in [0.2, 0.25) is 0 Å². The molecule has 0 unspecified atom stereocenters. The van der Waals surface area contributed by atoms with Gasteiger partial charge in [0.1, 0.15) is 0 Å². The predicted molar refractivity (Wildman–Crippen MR) is 158 cm³/mol. The summed E-state index contributed by atoms with van der Waals surface area (Å²) in [4.78, 5) is 22.7. The van der Waals surface area contributed by atoms with Crippen LogP contribution < -0.4 is 15.0 Å². The molecule has 49 heavy (non-hydrogen) atoms. The molecule has 1 amide bonds. The number of carbonyl (C=O) groups excluding carboxylic acids is 1. The molecule has 0 saturated heterocycles. The summed E-state index contributed by atoms with van der Waals surface area (Å²) < 4.78 is 133. The van der Waals surface area contributed by atoms with Gasteiger partial charge in [0, 0.05) is 18.9 Å². The second-order valence-corrected chi connectivity index (χ2v) is 11.0. The number of unbranched alkanes of at least 4 members (excludes halogenated alkanes) is 1. The molecule has 1 aromatic heterocycles. The number of rotatable bonds is 10. The van der Waals surface area contributed by atoms with Crippen molar-refractivity contribution in [3.63, 3.8) is 0 Å². The average molecular weight is 704 g/mol. The van der Waals surface area contributed by atoms with Crippen LogP contribution in [-0.2, 0) is 29.7 Å². The number of nitrogens with zero attached hydrogens (tertiary/aromatic N) is 4. The molecule has 0 radical (unpaired) electrons. The summed E-state index contributed by atoms with van der Waals surface area (Å²) in [6, 6.07) is 4.40. The van der Waals surface area contributed by atoms with Gasteiger partial charge in [-0.05, 0) is 73.7 Å². The smallest absolute Gasteiger partial charge is 0.416 e. The second-order valence-electron chi connectivity index (χ2n) is 11.0. The minimum absolute atomic E-state index is 0.00474. The molecule has 2 atom stereocenters. The van der Waals surface area contributed by atoms with Crippen molar-refractivity contribution in [3.8, 4) is 11.8 Å². The molecule has 0 saturated carbocycles. The molecule has 0 aliphatic carbocycles. The summed E-state index contributed by atoms with van der Waals surface area (Å²) in [6.07, 6.45) is -14.3. The van der Waals surface area contributed by atoms with Crippen molar-refractivity contribution in [2.75, 3.05) is 23.4 Å². The maximum absolute atomic E-state index is 13.8. The molecule has 2 aromatic carbocycles. The van der Waals surface area contributed by atoms with E-state index in [2.05, 4.69) is 15.3 Å². The summed E-state index contributed by atoms with van der Waals surface area (Å²) in [5.41, 5.74) is -4.38. The third-order valence-corrected chi connectivity index (χ3v) is 7.64. The molecule has 0 fully saturated rings. The zero-order valence-corrected chi connectivity index (χ0v) is 26.1. The van der Waals surface area contributed by atoms with Crippen molar-refractivity contribution in [3.05, 3.63) is 76.1 Å². The number of benzene rings is 2. The highest BCUT2D eigenvalue weighted by Crippen LogP contribution is 2.43. The van der Waals surface area contributed by atoms with Gasteiger partial charge in [0.2, 0.25) is 5.95 Å². The third kappa shape index (κ3) is 9.04. The molecule has 8 nitrogen and oxygen atoms in total. The van der Waals surface area contributed by atoms with E-state index in [-0.39, 0.29) is 67.2 Å². The number of nitrogens with one attached hydrogen (secondary N) is 1. The van der Waals surface area contributed by atoms with Crippen molar-refractivity contribution >= 4 is 17.7 Å². The number of anilines is 2. The van der Waals surface area contributed by atoms with Crippen LogP contribution in [0, 0.1) is 11.3 Å². The monoisotopic (exact) mass is 703 g/mol. The van der Waals surface area contributed by atoms with E-state index >= 15 is 0 Å². The summed E-state index contributed by atoms with van der Waals surface area (Å²) in [5.74, 6) is -0.298. The predicted octanol–water partition coefficient (Wildman–Crippen LogP) is 9.10. The molecular formula is C32H30F9N5O3. The highest BCUT2D eigenvalue weighted by atomic mass is 19.4. The summed E-state index contributed by atoms with van der Waals surface area (Å²) in [7, 11) is 0. The maximum Gasteiger partial charge on any atom is 0.416 e. The van der Waals surface area contributed by atoms with Crippen LogP contribution in [0.4, 0.5) is 55.9 Å². The van der Waals surface area contributed by atoms with Gasteiger partial charge in [-0.3, -0.25) is 4.90 Å². The summed E-state index contributed by atoms with van der Waals surface area (Å²) in [5, 5.41) is 11.8. The van der Waals surface area contributed by atoms with Gasteiger partial charge in [-0.1, -0.05) is 6.92 Å². The number of halogens is 9. The van der Waals surface area contributed by atoms with Crippen LogP contribution in [0.5, 0.6) is 5.75 Å². The first-order valence-corrected chi connectivity index (χ1v) is 15.0. The van der Waals surface area contributed by atoms with Crippen LogP contribution in [0.25, 0.3) is 0 Å².